The molecule has 0 radical (unpaired) electrons. The first kappa shape index (κ1) is 19.5. The number of benzene rings is 2. The first-order valence-corrected chi connectivity index (χ1v) is 10.3. The van der Waals surface area contributed by atoms with Gasteiger partial charge in [0.25, 0.3) is 0 Å². The van der Waals surface area contributed by atoms with Gasteiger partial charge in [0, 0.05) is 22.2 Å². The van der Waals surface area contributed by atoms with Crippen LogP contribution in [-0.4, -0.2) is 17.1 Å². The number of carbonyl (C=O) groups is 2. The molecule has 2 aromatic rings. The van der Waals surface area contributed by atoms with Gasteiger partial charge >= 0.3 is 0 Å². The summed E-state index contributed by atoms with van der Waals surface area (Å²) >= 11 is 1.53. The Kier molecular flexibility index (Phi) is 6.22. The number of hydrogen-bond donors (Lipinski definition) is 2. The van der Waals surface area contributed by atoms with Crippen molar-refractivity contribution in [3.63, 3.8) is 0 Å². The van der Waals surface area contributed by atoms with Gasteiger partial charge < -0.3 is 10.6 Å². The smallest absolute Gasteiger partial charge is 0.237 e. The summed E-state index contributed by atoms with van der Waals surface area (Å²) in [6.45, 7) is 6.02. The lowest BCUT2D eigenvalue weighted by molar-refractivity contribution is -0.117. The SMILES string of the molecule is CCC(Sc1cccc(NC(=O)C2CC2)c1)C(=O)Nc1cc(C)ccc1C. The first-order chi connectivity index (χ1) is 13.0. The molecule has 0 saturated heterocycles. The number of carbonyl (C=O) groups excluding carboxylic acids is 2. The van der Waals surface area contributed by atoms with Crippen LogP contribution in [0.2, 0.25) is 0 Å². The summed E-state index contributed by atoms with van der Waals surface area (Å²) in [6, 6.07) is 13.8. The standard InChI is InChI=1S/C22H26N2O2S/c1-4-20(22(26)24-19-12-14(2)8-9-15(19)3)27-18-7-5-6-17(13-18)23-21(25)16-10-11-16/h5-9,12-13,16,20H,4,10-11H2,1-3H3,(H,23,25)(H,24,26). The lowest BCUT2D eigenvalue weighted by Crippen LogP contribution is -2.25. The van der Waals surface area contributed by atoms with E-state index >= 15 is 0 Å². The van der Waals surface area contributed by atoms with Crippen LogP contribution >= 0.6 is 11.8 Å². The lowest BCUT2D eigenvalue weighted by Gasteiger charge is -2.17. The highest BCUT2D eigenvalue weighted by Crippen LogP contribution is 2.32. The minimum Gasteiger partial charge on any atom is -0.326 e. The Labute approximate surface area is 165 Å². The second kappa shape index (κ2) is 8.61. The second-order valence-corrected chi connectivity index (χ2v) is 8.39. The maximum absolute atomic E-state index is 12.8. The average Bonchev–Trinajstić information content (AvgIpc) is 3.48. The van der Waals surface area contributed by atoms with Crippen LogP contribution in [0, 0.1) is 19.8 Å². The van der Waals surface area contributed by atoms with Crippen molar-refractivity contribution >= 4 is 35.0 Å². The molecule has 0 bridgehead atoms. The predicted octanol–water partition coefficient (Wildman–Crippen LogP) is 5.16. The monoisotopic (exact) mass is 382 g/mol. The van der Waals surface area contributed by atoms with Gasteiger partial charge in [-0.3, -0.25) is 9.59 Å². The van der Waals surface area contributed by atoms with Crippen molar-refractivity contribution in [2.45, 2.75) is 50.2 Å². The summed E-state index contributed by atoms with van der Waals surface area (Å²) in [5, 5.41) is 5.83. The van der Waals surface area contributed by atoms with Gasteiger partial charge in [-0.1, -0.05) is 25.1 Å². The molecule has 2 amide bonds. The van der Waals surface area contributed by atoms with E-state index in [0.29, 0.717) is 0 Å². The summed E-state index contributed by atoms with van der Waals surface area (Å²) < 4.78 is 0. The van der Waals surface area contributed by atoms with Crippen LogP contribution in [0.3, 0.4) is 0 Å². The molecule has 0 heterocycles. The van der Waals surface area contributed by atoms with Gasteiger partial charge in [0.05, 0.1) is 5.25 Å². The fourth-order valence-electron chi connectivity index (χ4n) is 2.81. The third-order valence-corrected chi connectivity index (χ3v) is 6.00. The Balaban J connectivity index is 1.66. The molecule has 27 heavy (non-hydrogen) atoms. The molecule has 5 heteroatoms. The van der Waals surface area contributed by atoms with Crippen molar-refractivity contribution in [3.8, 4) is 0 Å². The highest BCUT2D eigenvalue weighted by atomic mass is 32.2. The first-order valence-electron chi connectivity index (χ1n) is 9.42. The number of amides is 2. The number of hydrogen-bond acceptors (Lipinski definition) is 3. The summed E-state index contributed by atoms with van der Waals surface area (Å²) in [4.78, 5) is 25.7. The summed E-state index contributed by atoms with van der Waals surface area (Å²) in [5.74, 6) is 0.272. The highest BCUT2D eigenvalue weighted by molar-refractivity contribution is 8.00. The Morgan fingerprint density at radius 3 is 2.59 bits per heavy atom. The highest BCUT2D eigenvalue weighted by Gasteiger charge is 2.29. The minimum atomic E-state index is -0.195. The fraction of sp³-hybridized carbons (Fsp3) is 0.364. The van der Waals surface area contributed by atoms with Gasteiger partial charge in [-0.15, -0.1) is 11.8 Å². The average molecular weight is 383 g/mol. The zero-order valence-corrected chi connectivity index (χ0v) is 16.9. The summed E-state index contributed by atoms with van der Waals surface area (Å²) in [5.41, 5.74) is 3.83. The molecule has 4 nitrogen and oxygen atoms in total. The maximum Gasteiger partial charge on any atom is 0.237 e. The molecule has 1 aliphatic rings. The van der Waals surface area contributed by atoms with Crippen LogP contribution < -0.4 is 10.6 Å². The number of aryl methyl sites for hydroxylation is 2. The zero-order valence-electron chi connectivity index (χ0n) is 16.0. The van der Waals surface area contributed by atoms with E-state index in [1.165, 1.54) is 11.8 Å². The van der Waals surface area contributed by atoms with E-state index < -0.39 is 0 Å². The van der Waals surface area contributed by atoms with E-state index in [1.54, 1.807) is 0 Å². The van der Waals surface area contributed by atoms with Crippen molar-refractivity contribution in [2.75, 3.05) is 10.6 Å². The Hall–Kier alpha value is -2.27. The lowest BCUT2D eigenvalue weighted by atomic mass is 10.1. The fourth-order valence-corrected chi connectivity index (χ4v) is 3.82. The van der Waals surface area contributed by atoms with Crippen molar-refractivity contribution in [2.24, 2.45) is 5.92 Å². The minimum absolute atomic E-state index is 0.00335. The van der Waals surface area contributed by atoms with E-state index in [4.69, 9.17) is 0 Å². The number of anilines is 2. The van der Waals surface area contributed by atoms with Crippen molar-refractivity contribution in [3.05, 3.63) is 53.6 Å². The third-order valence-electron chi connectivity index (χ3n) is 4.64. The van der Waals surface area contributed by atoms with Crippen LogP contribution in [-0.2, 0) is 9.59 Å². The van der Waals surface area contributed by atoms with Gasteiger partial charge in [0.2, 0.25) is 11.8 Å². The Morgan fingerprint density at radius 2 is 1.89 bits per heavy atom. The third kappa shape index (κ3) is 5.36. The molecule has 1 fully saturated rings. The molecule has 1 unspecified atom stereocenters. The molecule has 0 aromatic heterocycles. The van der Waals surface area contributed by atoms with Crippen LogP contribution in [0.15, 0.2) is 47.4 Å². The largest absolute Gasteiger partial charge is 0.326 e. The number of rotatable bonds is 7. The zero-order chi connectivity index (χ0) is 19.4. The van der Waals surface area contributed by atoms with Gasteiger partial charge in [-0.2, -0.15) is 0 Å². The maximum atomic E-state index is 12.8. The molecule has 2 aromatic carbocycles. The number of thioether (sulfide) groups is 1. The quantitative estimate of drug-likeness (QED) is 0.650. The topological polar surface area (TPSA) is 58.2 Å². The van der Waals surface area contributed by atoms with Gasteiger partial charge in [-0.25, -0.2) is 0 Å². The van der Waals surface area contributed by atoms with Gasteiger partial charge in [0.1, 0.15) is 0 Å². The van der Waals surface area contributed by atoms with E-state index in [9.17, 15) is 9.59 Å². The summed E-state index contributed by atoms with van der Waals surface area (Å²) in [7, 11) is 0. The van der Waals surface area contributed by atoms with Crippen molar-refractivity contribution in [1.82, 2.24) is 0 Å². The van der Waals surface area contributed by atoms with E-state index in [0.717, 1.165) is 46.7 Å². The van der Waals surface area contributed by atoms with Crippen LogP contribution in [0.4, 0.5) is 11.4 Å². The number of nitrogens with one attached hydrogen (secondary N) is 2. The molecule has 3 rings (SSSR count). The normalized spacial score (nSPS) is 14.5. The predicted molar refractivity (Wildman–Crippen MR) is 112 cm³/mol. The molecule has 2 N–H and O–H groups in total. The van der Waals surface area contributed by atoms with Gasteiger partial charge in [-0.05, 0) is 68.5 Å². The molecule has 142 valence electrons. The van der Waals surface area contributed by atoms with Crippen LogP contribution in [0.1, 0.15) is 37.3 Å². The van der Waals surface area contributed by atoms with Crippen LogP contribution in [0.5, 0.6) is 0 Å². The molecule has 1 atom stereocenters. The van der Waals surface area contributed by atoms with E-state index in [2.05, 4.69) is 10.6 Å². The molecule has 0 aliphatic heterocycles. The Morgan fingerprint density at radius 1 is 1.11 bits per heavy atom. The van der Waals surface area contributed by atoms with Gasteiger partial charge in [0.15, 0.2) is 0 Å². The molecule has 0 spiro atoms. The molecular formula is C22H26N2O2S. The second-order valence-electron chi connectivity index (χ2n) is 7.11. The molecular weight excluding hydrogens is 356 g/mol. The van der Waals surface area contributed by atoms with Crippen molar-refractivity contribution < 1.29 is 9.59 Å². The molecule has 1 saturated carbocycles. The summed E-state index contributed by atoms with van der Waals surface area (Å²) in [6.07, 6.45) is 2.69. The van der Waals surface area contributed by atoms with E-state index in [-0.39, 0.29) is 23.0 Å². The van der Waals surface area contributed by atoms with Crippen molar-refractivity contribution in [1.29, 1.82) is 0 Å². The molecule has 1 aliphatic carbocycles. The Bertz CT molecular complexity index is 846. The van der Waals surface area contributed by atoms with Crippen LogP contribution in [0.25, 0.3) is 0 Å². The van der Waals surface area contributed by atoms with E-state index in [1.807, 2.05) is 63.2 Å².